The van der Waals surface area contributed by atoms with Gasteiger partial charge in [-0.05, 0) is 58.3 Å². The Bertz CT molecular complexity index is 254. The maximum atomic E-state index is 3.50. The molecule has 0 radical (unpaired) electrons. The van der Waals surface area contributed by atoms with Crippen LogP contribution in [-0.4, -0.2) is 61.7 Å². The van der Waals surface area contributed by atoms with Crippen LogP contribution in [0.4, 0.5) is 0 Å². The maximum absolute atomic E-state index is 3.50. The molecule has 3 nitrogen and oxygen atoms in total. The van der Waals surface area contributed by atoms with Gasteiger partial charge in [0.1, 0.15) is 0 Å². The van der Waals surface area contributed by atoms with E-state index in [2.05, 4.69) is 22.2 Å². The van der Waals surface area contributed by atoms with Crippen molar-refractivity contribution in [2.75, 3.05) is 46.3 Å². The fourth-order valence-corrected chi connectivity index (χ4v) is 3.81. The van der Waals surface area contributed by atoms with Crippen LogP contribution in [0.15, 0.2) is 0 Å². The second kappa shape index (κ2) is 4.87. The molecule has 3 fully saturated rings. The summed E-state index contributed by atoms with van der Waals surface area (Å²) in [6.07, 6.45) is 7.14. The summed E-state index contributed by atoms with van der Waals surface area (Å²) in [5, 5.41) is 3.50. The van der Waals surface area contributed by atoms with Gasteiger partial charge in [-0.3, -0.25) is 4.90 Å². The molecule has 0 atom stereocenters. The molecule has 0 unspecified atom stereocenters. The van der Waals surface area contributed by atoms with Crippen molar-refractivity contribution in [2.24, 2.45) is 5.92 Å². The van der Waals surface area contributed by atoms with Crippen LogP contribution in [0.1, 0.15) is 32.1 Å². The molecule has 0 bridgehead atoms. The third-order valence-electron chi connectivity index (χ3n) is 5.22. The molecule has 1 spiro atoms. The van der Waals surface area contributed by atoms with E-state index in [1.165, 1.54) is 71.4 Å². The first-order valence-electron chi connectivity index (χ1n) is 7.43. The smallest absolute Gasteiger partial charge is 0.0458 e. The largest absolute Gasteiger partial charge is 0.313 e. The monoisotopic (exact) mass is 237 g/mol. The van der Waals surface area contributed by atoms with Crippen molar-refractivity contribution in [3.8, 4) is 0 Å². The number of nitrogens with one attached hydrogen (secondary N) is 1. The van der Waals surface area contributed by atoms with Gasteiger partial charge in [-0.1, -0.05) is 6.42 Å². The van der Waals surface area contributed by atoms with Crippen LogP contribution in [0.3, 0.4) is 0 Å². The van der Waals surface area contributed by atoms with Crippen molar-refractivity contribution in [3.63, 3.8) is 0 Å². The molecule has 3 heteroatoms. The third-order valence-corrected chi connectivity index (χ3v) is 5.22. The first-order chi connectivity index (χ1) is 8.28. The van der Waals surface area contributed by atoms with E-state index in [1.807, 2.05) is 0 Å². The van der Waals surface area contributed by atoms with Crippen LogP contribution in [0.2, 0.25) is 0 Å². The Labute approximate surface area is 106 Å². The second-order valence-electron chi connectivity index (χ2n) is 6.48. The molecule has 0 aliphatic carbocycles. The topological polar surface area (TPSA) is 18.5 Å². The van der Waals surface area contributed by atoms with Gasteiger partial charge < -0.3 is 10.2 Å². The lowest BCUT2D eigenvalue weighted by Gasteiger charge is -2.54. The predicted molar refractivity (Wildman–Crippen MR) is 71.2 cm³/mol. The van der Waals surface area contributed by atoms with Crippen LogP contribution in [0.25, 0.3) is 0 Å². The van der Waals surface area contributed by atoms with Gasteiger partial charge in [0.05, 0.1) is 0 Å². The van der Waals surface area contributed by atoms with E-state index in [1.54, 1.807) is 0 Å². The maximum Gasteiger partial charge on any atom is 0.0458 e. The zero-order chi connectivity index (χ0) is 11.7. The summed E-state index contributed by atoms with van der Waals surface area (Å²) in [5.74, 6) is 0.960. The number of likely N-dealkylation sites (tertiary alicyclic amines) is 2. The van der Waals surface area contributed by atoms with E-state index < -0.39 is 0 Å². The molecule has 0 saturated carbocycles. The molecule has 3 rings (SSSR count). The molecular formula is C14H27N3. The van der Waals surface area contributed by atoms with Crippen molar-refractivity contribution in [1.82, 2.24) is 15.1 Å². The van der Waals surface area contributed by atoms with Crippen LogP contribution in [-0.2, 0) is 0 Å². The van der Waals surface area contributed by atoms with Gasteiger partial charge >= 0.3 is 0 Å². The summed E-state index contributed by atoms with van der Waals surface area (Å²) < 4.78 is 0. The Morgan fingerprint density at radius 3 is 2.53 bits per heavy atom. The highest BCUT2D eigenvalue weighted by atomic mass is 15.3. The van der Waals surface area contributed by atoms with Gasteiger partial charge in [-0.2, -0.15) is 0 Å². The lowest BCUT2D eigenvalue weighted by molar-refractivity contribution is -0.0133. The Kier molecular flexibility index (Phi) is 3.42. The average Bonchev–Trinajstić information content (AvgIpc) is 2.31. The van der Waals surface area contributed by atoms with Crippen LogP contribution < -0.4 is 5.32 Å². The molecule has 0 aromatic rings. The van der Waals surface area contributed by atoms with E-state index >= 15 is 0 Å². The molecule has 98 valence electrons. The highest BCUT2D eigenvalue weighted by Gasteiger charge is 2.44. The Morgan fingerprint density at radius 1 is 1.12 bits per heavy atom. The van der Waals surface area contributed by atoms with Crippen molar-refractivity contribution < 1.29 is 0 Å². The first-order valence-corrected chi connectivity index (χ1v) is 7.43. The van der Waals surface area contributed by atoms with Gasteiger partial charge in [-0.25, -0.2) is 0 Å². The van der Waals surface area contributed by atoms with Gasteiger partial charge in [0, 0.05) is 25.2 Å². The van der Waals surface area contributed by atoms with Gasteiger partial charge in [0.2, 0.25) is 0 Å². The lowest BCUT2D eigenvalue weighted by Crippen LogP contribution is -2.70. The van der Waals surface area contributed by atoms with Gasteiger partial charge in [-0.15, -0.1) is 0 Å². The lowest BCUT2D eigenvalue weighted by atomic mass is 9.80. The number of nitrogens with zero attached hydrogens (tertiary/aromatic N) is 2. The van der Waals surface area contributed by atoms with Crippen molar-refractivity contribution in [2.45, 2.75) is 37.6 Å². The van der Waals surface area contributed by atoms with E-state index in [0.29, 0.717) is 5.54 Å². The highest BCUT2D eigenvalue weighted by Crippen LogP contribution is 2.33. The van der Waals surface area contributed by atoms with Crippen molar-refractivity contribution in [1.29, 1.82) is 0 Å². The normalized spacial score (nSPS) is 31.6. The Hall–Kier alpha value is -0.120. The minimum atomic E-state index is 0.571. The molecule has 3 heterocycles. The van der Waals surface area contributed by atoms with Crippen molar-refractivity contribution >= 4 is 0 Å². The average molecular weight is 237 g/mol. The minimum Gasteiger partial charge on any atom is -0.313 e. The summed E-state index contributed by atoms with van der Waals surface area (Å²) >= 11 is 0. The van der Waals surface area contributed by atoms with E-state index in [0.717, 1.165) is 5.92 Å². The van der Waals surface area contributed by atoms with Gasteiger partial charge in [0.15, 0.2) is 0 Å². The van der Waals surface area contributed by atoms with Crippen LogP contribution in [0, 0.1) is 5.92 Å². The van der Waals surface area contributed by atoms with E-state index in [-0.39, 0.29) is 0 Å². The molecule has 0 aromatic heterocycles. The quantitative estimate of drug-likeness (QED) is 0.777. The SMILES string of the molecule is CN1CCC(CN2CCCCC23CNC3)CC1. The van der Waals surface area contributed by atoms with Gasteiger partial charge in [0.25, 0.3) is 0 Å². The third kappa shape index (κ3) is 2.38. The number of hydrogen-bond donors (Lipinski definition) is 1. The number of rotatable bonds is 2. The Balaban J connectivity index is 1.56. The van der Waals surface area contributed by atoms with E-state index in [4.69, 9.17) is 0 Å². The molecule has 0 amide bonds. The molecule has 3 saturated heterocycles. The molecular weight excluding hydrogens is 210 g/mol. The zero-order valence-corrected chi connectivity index (χ0v) is 11.2. The van der Waals surface area contributed by atoms with Crippen LogP contribution in [0.5, 0.6) is 0 Å². The second-order valence-corrected chi connectivity index (χ2v) is 6.48. The molecule has 17 heavy (non-hydrogen) atoms. The molecule has 1 N–H and O–H groups in total. The zero-order valence-electron chi connectivity index (χ0n) is 11.2. The summed E-state index contributed by atoms with van der Waals surface area (Å²) in [4.78, 5) is 5.32. The standard InChI is InChI=1S/C14H27N3/c1-16-8-4-13(5-9-16)10-17-7-3-2-6-14(17)11-15-12-14/h13,15H,2-12H2,1H3. The summed E-state index contributed by atoms with van der Waals surface area (Å²) in [6, 6.07) is 0. The predicted octanol–water partition coefficient (Wildman–Crippen LogP) is 1.16. The summed E-state index contributed by atoms with van der Waals surface area (Å²) in [6.45, 7) is 7.84. The first kappa shape index (κ1) is 11.9. The van der Waals surface area contributed by atoms with Crippen molar-refractivity contribution in [3.05, 3.63) is 0 Å². The fourth-order valence-electron chi connectivity index (χ4n) is 3.81. The molecule has 3 aliphatic heterocycles. The highest BCUT2D eigenvalue weighted by molar-refractivity contribution is 5.04. The fraction of sp³-hybridized carbons (Fsp3) is 1.00. The number of hydrogen-bond acceptors (Lipinski definition) is 3. The number of piperidine rings is 2. The minimum absolute atomic E-state index is 0.571. The Morgan fingerprint density at radius 2 is 1.88 bits per heavy atom. The van der Waals surface area contributed by atoms with E-state index in [9.17, 15) is 0 Å². The summed E-state index contributed by atoms with van der Waals surface area (Å²) in [5.41, 5.74) is 0.571. The summed E-state index contributed by atoms with van der Waals surface area (Å²) in [7, 11) is 2.26. The van der Waals surface area contributed by atoms with Crippen LogP contribution >= 0.6 is 0 Å². The molecule has 0 aromatic carbocycles. The molecule has 3 aliphatic rings.